The van der Waals surface area contributed by atoms with E-state index < -0.39 is 0 Å². The fourth-order valence-electron chi connectivity index (χ4n) is 2.32. The molecule has 0 saturated heterocycles. The molecule has 0 fully saturated rings. The number of hydrogen-bond acceptors (Lipinski definition) is 3. The molecule has 1 amide bonds. The van der Waals surface area contributed by atoms with Crippen molar-refractivity contribution in [3.8, 4) is 0 Å². The van der Waals surface area contributed by atoms with Crippen molar-refractivity contribution in [2.45, 2.75) is 46.5 Å². The van der Waals surface area contributed by atoms with Crippen LogP contribution in [0, 0.1) is 12.8 Å². The molecule has 0 aliphatic carbocycles. The Morgan fingerprint density at radius 3 is 2.85 bits per heavy atom. The molecular formula is C16H22N2OS. The molecular weight excluding hydrogens is 268 g/mol. The lowest BCUT2D eigenvalue weighted by Gasteiger charge is -2.12. The van der Waals surface area contributed by atoms with Gasteiger partial charge in [-0.25, -0.2) is 4.98 Å². The van der Waals surface area contributed by atoms with Crippen molar-refractivity contribution in [3.63, 3.8) is 0 Å². The van der Waals surface area contributed by atoms with Crippen LogP contribution in [-0.4, -0.2) is 10.9 Å². The molecule has 0 saturated carbocycles. The van der Waals surface area contributed by atoms with Gasteiger partial charge in [0, 0.05) is 5.92 Å². The van der Waals surface area contributed by atoms with Crippen LogP contribution < -0.4 is 5.32 Å². The summed E-state index contributed by atoms with van der Waals surface area (Å²) in [5, 5.41) is 3.70. The summed E-state index contributed by atoms with van der Waals surface area (Å²) in [6, 6.07) is 6.12. The molecule has 1 atom stereocenters. The molecule has 1 N–H and O–H groups in total. The predicted molar refractivity (Wildman–Crippen MR) is 86.3 cm³/mol. The van der Waals surface area contributed by atoms with Crippen LogP contribution in [0.1, 0.15) is 45.1 Å². The number of amides is 1. The number of fused-ring (bicyclic) bond motifs is 1. The number of unbranched alkanes of at least 4 members (excludes halogenated alkanes) is 1. The lowest BCUT2D eigenvalue weighted by molar-refractivity contribution is -0.120. The maximum Gasteiger partial charge on any atom is 0.229 e. The van der Waals surface area contributed by atoms with E-state index in [1.54, 1.807) is 11.3 Å². The number of nitrogens with one attached hydrogen (secondary N) is 1. The molecule has 1 heterocycles. The van der Waals surface area contributed by atoms with Crippen LogP contribution in [0.3, 0.4) is 0 Å². The lowest BCUT2D eigenvalue weighted by atomic mass is 9.99. The van der Waals surface area contributed by atoms with Gasteiger partial charge in [0.15, 0.2) is 5.13 Å². The number of anilines is 1. The third-order valence-corrected chi connectivity index (χ3v) is 4.56. The molecule has 0 radical (unpaired) electrons. The van der Waals surface area contributed by atoms with Crippen LogP contribution in [0.15, 0.2) is 18.2 Å². The summed E-state index contributed by atoms with van der Waals surface area (Å²) in [6.45, 7) is 6.27. The van der Waals surface area contributed by atoms with Crippen molar-refractivity contribution >= 4 is 32.6 Å². The molecule has 1 aromatic carbocycles. The van der Waals surface area contributed by atoms with Crippen molar-refractivity contribution in [3.05, 3.63) is 23.8 Å². The van der Waals surface area contributed by atoms with E-state index in [9.17, 15) is 4.79 Å². The van der Waals surface area contributed by atoms with Gasteiger partial charge in [-0.1, -0.05) is 50.2 Å². The molecule has 0 unspecified atom stereocenters. The second kappa shape index (κ2) is 6.84. The molecule has 4 heteroatoms. The molecule has 3 nitrogen and oxygen atoms in total. The van der Waals surface area contributed by atoms with E-state index in [0.29, 0.717) is 5.13 Å². The smallest absolute Gasteiger partial charge is 0.229 e. The highest BCUT2D eigenvalue weighted by Crippen LogP contribution is 2.28. The van der Waals surface area contributed by atoms with E-state index >= 15 is 0 Å². The third kappa shape index (κ3) is 3.37. The van der Waals surface area contributed by atoms with E-state index in [4.69, 9.17) is 0 Å². The van der Waals surface area contributed by atoms with E-state index in [-0.39, 0.29) is 11.8 Å². The van der Waals surface area contributed by atoms with E-state index in [2.05, 4.69) is 24.1 Å². The second-order valence-corrected chi connectivity index (χ2v) is 6.21. The fourth-order valence-corrected chi connectivity index (χ4v) is 3.27. The Morgan fingerprint density at radius 2 is 2.20 bits per heavy atom. The highest BCUT2D eigenvalue weighted by Gasteiger charge is 2.17. The van der Waals surface area contributed by atoms with Crippen LogP contribution in [0.4, 0.5) is 5.13 Å². The molecule has 0 aliphatic rings. The highest BCUT2D eigenvalue weighted by atomic mass is 32.1. The second-order valence-electron chi connectivity index (χ2n) is 5.18. The molecule has 1 aromatic heterocycles. The van der Waals surface area contributed by atoms with Crippen molar-refractivity contribution in [2.24, 2.45) is 5.92 Å². The first-order valence-corrected chi connectivity index (χ1v) is 8.14. The van der Waals surface area contributed by atoms with Gasteiger partial charge in [0.05, 0.1) is 10.2 Å². The van der Waals surface area contributed by atoms with Crippen LogP contribution in [0.25, 0.3) is 10.2 Å². The average molecular weight is 290 g/mol. The van der Waals surface area contributed by atoms with Crippen molar-refractivity contribution in [1.29, 1.82) is 0 Å². The number of benzene rings is 1. The topological polar surface area (TPSA) is 42.0 Å². The standard InChI is InChI=1S/C16H22N2OS/c1-4-6-9-12(5-2)15(19)18-16-17-14-11(3)8-7-10-13(14)20-16/h7-8,10,12H,4-6,9H2,1-3H3,(H,17,18,19)/t12-/m1/s1. The van der Waals surface area contributed by atoms with Gasteiger partial charge in [-0.15, -0.1) is 0 Å². The number of thiazole rings is 1. The maximum absolute atomic E-state index is 12.3. The molecule has 108 valence electrons. The largest absolute Gasteiger partial charge is 0.302 e. The van der Waals surface area contributed by atoms with Crippen LogP contribution in [0.2, 0.25) is 0 Å². The van der Waals surface area contributed by atoms with E-state index in [1.165, 1.54) is 0 Å². The fraction of sp³-hybridized carbons (Fsp3) is 0.500. The van der Waals surface area contributed by atoms with Gasteiger partial charge in [-0.3, -0.25) is 4.79 Å². The van der Waals surface area contributed by atoms with E-state index in [1.807, 2.05) is 25.1 Å². The quantitative estimate of drug-likeness (QED) is 0.833. The summed E-state index contributed by atoms with van der Waals surface area (Å²) >= 11 is 1.55. The van der Waals surface area contributed by atoms with Gasteiger partial charge >= 0.3 is 0 Å². The third-order valence-electron chi connectivity index (χ3n) is 3.62. The average Bonchev–Trinajstić information content (AvgIpc) is 2.83. The number of aromatic nitrogens is 1. The summed E-state index contributed by atoms with van der Waals surface area (Å²) in [5.41, 5.74) is 2.15. The number of aryl methyl sites for hydroxylation is 1. The Hall–Kier alpha value is -1.42. The zero-order valence-electron chi connectivity index (χ0n) is 12.4. The molecule has 0 aliphatic heterocycles. The molecule has 0 bridgehead atoms. The Kier molecular flexibility index (Phi) is 5.12. The molecule has 2 aromatic rings. The van der Waals surface area contributed by atoms with Gasteiger partial charge in [0.25, 0.3) is 0 Å². The molecule has 20 heavy (non-hydrogen) atoms. The molecule has 0 spiro atoms. The minimum absolute atomic E-state index is 0.100. The maximum atomic E-state index is 12.3. The number of carbonyl (C=O) groups is 1. The van der Waals surface area contributed by atoms with Crippen molar-refractivity contribution < 1.29 is 4.79 Å². The zero-order valence-corrected chi connectivity index (χ0v) is 13.2. The van der Waals surface area contributed by atoms with Gasteiger partial charge in [-0.2, -0.15) is 0 Å². The van der Waals surface area contributed by atoms with Gasteiger partial charge < -0.3 is 5.32 Å². The van der Waals surface area contributed by atoms with Crippen LogP contribution in [-0.2, 0) is 4.79 Å². The Labute approximate surface area is 124 Å². The Bertz CT molecular complexity index is 591. The Morgan fingerprint density at radius 1 is 1.40 bits per heavy atom. The normalized spacial score (nSPS) is 12.6. The molecule has 2 rings (SSSR count). The van der Waals surface area contributed by atoms with Gasteiger partial charge in [-0.05, 0) is 31.4 Å². The van der Waals surface area contributed by atoms with Gasteiger partial charge in [0.2, 0.25) is 5.91 Å². The summed E-state index contributed by atoms with van der Waals surface area (Å²) in [6.07, 6.45) is 4.08. The first-order valence-electron chi connectivity index (χ1n) is 7.32. The Balaban J connectivity index is 2.10. The van der Waals surface area contributed by atoms with Crippen LogP contribution in [0.5, 0.6) is 0 Å². The zero-order chi connectivity index (χ0) is 14.5. The van der Waals surface area contributed by atoms with Crippen molar-refractivity contribution in [2.75, 3.05) is 5.32 Å². The minimum atomic E-state index is 0.100. The number of hydrogen-bond donors (Lipinski definition) is 1. The summed E-state index contributed by atoms with van der Waals surface area (Å²) in [5.74, 6) is 0.209. The summed E-state index contributed by atoms with van der Waals surface area (Å²) < 4.78 is 1.13. The summed E-state index contributed by atoms with van der Waals surface area (Å²) in [4.78, 5) is 16.8. The number of carbonyl (C=O) groups excluding carboxylic acids is 1. The number of para-hydroxylation sites is 1. The first kappa shape index (κ1) is 15.0. The van der Waals surface area contributed by atoms with Crippen LogP contribution >= 0.6 is 11.3 Å². The highest BCUT2D eigenvalue weighted by molar-refractivity contribution is 7.22. The first-order chi connectivity index (χ1) is 9.65. The summed E-state index contributed by atoms with van der Waals surface area (Å²) in [7, 11) is 0. The number of rotatable bonds is 6. The van der Waals surface area contributed by atoms with Gasteiger partial charge in [0.1, 0.15) is 0 Å². The van der Waals surface area contributed by atoms with E-state index in [0.717, 1.165) is 41.5 Å². The number of nitrogens with zero attached hydrogens (tertiary/aromatic N) is 1. The SMILES string of the molecule is CCCC[C@@H](CC)C(=O)Nc1nc2c(C)cccc2s1. The monoisotopic (exact) mass is 290 g/mol. The minimum Gasteiger partial charge on any atom is -0.302 e. The lowest BCUT2D eigenvalue weighted by Crippen LogP contribution is -2.22. The van der Waals surface area contributed by atoms with Crippen molar-refractivity contribution in [1.82, 2.24) is 4.98 Å². The predicted octanol–water partition coefficient (Wildman–Crippen LogP) is 4.76.